The molecule has 0 amide bonds. The average Bonchev–Trinajstić information content (AvgIpc) is 3.00. The van der Waals surface area contributed by atoms with Crippen molar-refractivity contribution < 1.29 is 0 Å². The molecule has 2 aromatic heterocycles. The monoisotopic (exact) mass is 249 g/mol. The van der Waals surface area contributed by atoms with E-state index in [9.17, 15) is 0 Å². The normalized spacial score (nSPS) is 19.8. The van der Waals surface area contributed by atoms with E-state index in [1.54, 1.807) is 12.4 Å². The predicted octanol–water partition coefficient (Wildman–Crippen LogP) is 1.78. The molecule has 3 heterocycles. The molecule has 3 rings (SSSR count). The van der Waals surface area contributed by atoms with Crippen LogP contribution in [-0.4, -0.2) is 33.1 Å². The molecule has 0 aliphatic carbocycles. The van der Waals surface area contributed by atoms with Crippen molar-refractivity contribution in [3.05, 3.63) is 35.7 Å². The topological polar surface area (TPSA) is 46.8 Å². The predicted molar refractivity (Wildman–Crippen MR) is 65.1 cm³/mol. The molecule has 1 saturated heterocycles. The van der Waals surface area contributed by atoms with Crippen molar-refractivity contribution in [1.82, 2.24) is 20.0 Å². The summed E-state index contributed by atoms with van der Waals surface area (Å²) in [6, 6.07) is 4.07. The van der Waals surface area contributed by atoms with Crippen LogP contribution in [0.4, 0.5) is 5.82 Å². The summed E-state index contributed by atoms with van der Waals surface area (Å²) in [7, 11) is 0. The van der Waals surface area contributed by atoms with Crippen molar-refractivity contribution in [2.45, 2.75) is 12.5 Å². The Labute approximate surface area is 104 Å². The SMILES string of the molecule is Clc1cccnc1N1CCC(n2ccnn2)C1. The average molecular weight is 250 g/mol. The molecule has 0 bridgehead atoms. The van der Waals surface area contributed by atoms with E-state index in [2.05, 4.69) is 20.2 Å². The number of aromatic nitrogens is 4. The molecule has 0 aromatic carbocycles. The molecule has 0 saturated carbocycles. The molecule has 1 fully saturated rings. The van der Waals surface area contributed by atoms with Gasteiger partial charge in [0.25, 0.3) is 0 Å². The highest BCUT2D eigenvalue weighted by atomic mass is 35.5. The summed E-state index contributed by atoms with van der Waals surface area (Å²) in [5.41, 5.74) is 0. The number of hydrogen-bond donors (Lipinski definition) is 0. The molecule has 1 unspecified atom stereocenters. The van der Waals surface area contributed by atoms with Crippen LogP contribution in [0.2, 0.25) is 5.02 Å². The van der Waals surface area contributed by atoms with Crippen molar-refractivity contribution in [2.24, 2.45) is 0 Å². The standard InChI is InChI=1S/C11H12ClN5/c12-10-2-1-4-13-11(10)16-6-3-9(8-16)17-7-5-14-15-17/h1-2,4-5,7,9H,3,6,8H2. The minimum Gasteiger partial charge on any atom is -0.353 e. The Balaban J connectivity index is 1.79. The van der Waals surface area contributed by atoms with Crippen LogP contribution in [0.3, 0.4) is 0 Å². The second kappa shape index (κ2) is 4.33. The fourth-order valence-electron chi connectivity index (χ4n) is 2.17. The van der Waals surface area contributed by atoms with Crippen LogP contribution in [0.1, 0.15) is 12.5 Å². The third kappa shape index (κ3) is 1.98. The fourth-order valence-corrected chi connectivity index (χ4v) is 2.41. The Hall–Kier alpha value is -1.62. The molecule has 1 aliphatic rings. The highest BCUT2D eigenvalue weighted by Gasteiger charge is 2.26. The van der Waals surface area contributed by atoms with E-state index in [0.717, 1.165) is 25.3 Å². The Kier molecular flexibility index (Phi) is 2.68. The highest BCUT2D eigenvalue weighted by Crippen LogP contribution is 2.29. The first-order chi connectivity index (χ1) is 8.34. The smallest absolute Gasteiger partial charge is 0.147 e. The van der Waals surface area contributed by atoms with E-state index in [1.165, 1.54) is 0 Å². The van der Waals surface area contributed by atoms with Gasteiger partial charge in [0.05, 0.1) is 17.3 Å². The van der Waals surface area contributed by atoms with E-state index >= 15 is 0 Å². The van der Waals surface area contributed by atoms with Gasteiger partial charge >= 0.3 is 0 Å². The van der Waals surface area contributed by atoms with Crippen LogP contribution >= 0.6 is 11.6 Å². The summed E-state index contributed by atoms with van der Waals surface area (Å²) in [5, 5.41) is 8.57. The van der Waals surface area contributed by atoms with E-state index in [0.29, 0.717) is 11.1 Å². The number of anilines is 1. The molecule has 88 valence electrons. The lowest BCUT2D eigenvalue weighted by Crippen LogP contribution is -2.22. The van der Waals surface area contributed by atoms with Crippen molar-refractivity contribution >= 4 is 17.4 Å². The third-order valence-electron chi connectivity index (χ3n) is 3.02. The minimum absolute atomic E-state index is 0.357. The number of nitrogens with zero attached hydrogens (tertiary/aromatic N) is 5. The van der Waals surface area contributed by atoms with Crippen LogP contribution in [0.15, 0.2) is 30.7 Å². The molecule has 17 heavy (non-hydrogen) atoms. The van der Waals surface area contributed by atoms with Crippen molar-refractivity contribution in [3.8, 4) is 0 Å². The quantitative estimate of drug-likeness (QED) is 0.814. The zero-order chi connectivity index (χ0) is 11.7. The van der Waals surface area contributed by atoms with Gasteiger partial charge in [0.2, 0.25) is 0 Å². The van der Waals surface area contributed by atoms with Crippen LogP contribution < -0.4 is 4.90 Å². The number of pyridine rings is 1. The van der Waals surface area contributed by atoms with Crippen LogP contribution in [-0.2, 0) is 0 Å². The van der Waals surface area contributed by atoms with Gasteiger partial charge in [-0.3, -0.25) is 0 Å². The van der Waals surface area contributed by atoms with E-state index in [4.69, 9.17) is 11.6 Å². The molecule has 1 atom stereocenters. The maximum absolute atomic E-state index is 6.14. The van der Waals surface area contributed by atoms with Crippen molar-refractivity contribution in [3.63, 3.8) is 0 Å². The Morgan fingerprint density at radius 3 is 3.06 bits per heavy atom. The second-order valence-electron chi connectivity index (χ2n) is 4.08. The van der Waals surface area contributed by atoms with Crippen molar-refractivity contribution in [1.29, 1.82) is 0 Å². The van der Waals surface area contributed by atoms with Crippen LogP contribution in [0.5, 0.6) is 0 Å². The third-order valence-corrected chi connectivity index (χ3v) is 3.31. The van der Waals surface area contributed by atoms with Gasteiger partial charge in [-0.15, -0.1) is 5.10 Å². The molecule has 0 radical (unpaired) electrons. The van der Waals surface area contributed by atoms with Crippen LogP contribution in [0, 0.1) is 0 Å². The fraction of sp³-hybridized carbons (Fsp3) is 0.364. The molecular formula is C11H12ClN5. The van der Waals surface area contributed by atoms with E-state index in [-0.39, 0.29) is 0 Å². The second-order valence-corrected chi connectivity index (χ2v) is 4.49. The van der Waals surface area contributed by atoms with Crippen molar-refractivity contribution in [2.75, 3.05) is 18.0 Å². The number of rotatable bonds is 2. The molecule has 1 aliphatic heterocycles. The Morgan fingerprint density at radius 2 is 2.29 bits per heavy atom. The van der Waals surface area contributed by atoms with Gasteiger partial charge < -0.3 is 4.90 Å². The zero-order valence-electron chi connectivity index (χ0n) is 9.20. The van der Waals surface area contributed by atoms with Gasteiger partial charge in [0.15, 0.2) is 0 Å². The summed E-state index contributed by atoms with van der Waals surface area (Å²) in [6.45, 7) is 1.82. The summed E-state index contributed by atoms with van der Waals surface area (Å²) in [6.07, 6.45) is 6.41. The first kappa shape index (κ1) is 10.5. The first-order valence-corrected chi connectivity index (χ1v) is 5.93. The van der Waals surface area contributed by atoms with Gasteiger partial charge in [-0.25, -0.2) is 9.67 Å². The maximum Gasteiger partial charge on any atom is 0.147 e. The molecule has 0 N–H and O–H groups in total. The molecule has 6 heteroatoms. The highest BCUT2D eigenvalue weighted by molar-refractivity contribution is 6.32. The Morgan fingerprint density at radius 1 is 1.35 bits per heavy atom. The lowest BCUT2D eigenvalue weighted by molar-refractivity contribution is 0.479. The molecule has 5 nitrogen and oxygen atoms in total. The summed E-state index contributed by atoms with van der Waals surface area (Å²) >= 11 is 6.14. The van der Waals surface area contributed by atoms with E-state index in [1.807, 2.05) is 23.0 Å². The lowest BCUT2D eigenvalue weighted by Gasteiger charge is -2.18. The first-order valence-electron chi connectivity index (χ1n) is 5.56. The summed E-state index contributed by atoms with van der Waals surface area (Å²) in [5.74, 6) is 0.858. The van der Waals surface area contributed by atoms with Gasteiger partial charge in [-0.1, -0.05) is 16.8 Å². The minimum atomic E-state index is 0.357. The van der Waals surface area contributed by atoms with E-state index < -0.39 is 0 Å². The maximum atomic E-state index is 6.14. The lowest BCUT2D eigenvalue weighted by atomic mass is 10.3. The number of halogens is 1. The molecular weight excluding hydrogens is 238 g/mol. The van der Waals surface area contributed by atoms with Gasteiger partial charge in [-0.2, -0.15) is 0 Å². The Bertz CT molecular complexity index is 498. The van der Waals surface area contributed by atoms with Gasteiger partial charge in [0, 0.05) is 25.5 Å². The summed E-state index contributed by atoms with van der Waals surface area (Å²) in [4.78, 5) is 6.51. The molecule has 2 aromatic rings. The van der Waals surface area contributed by atoms with Gasteiger partial charge in [0.1, 0.15) is 5.82 Å². The van der Waals surface area contributed by atoms with Gasteiger partial charge in [-0.05, 0) is 18.6 Å². The summed E-state index contributed by atoms with van der Waals surface area (Å²) < 4.78 is 1.90. The van der Waals surface area contributed by atoms with Crippen LogP contribution in [0.25, 0.3) is 0 Å². The zero-order valence-corrected chi connectivity index (χ0v) is 9.96. The molecule has 0 spiro atoms. The number of hydrogen-bond acceptors (Lipinski definition) is 4. The largest absolute Gasteiger partial charge is 0.353 e.